The predicted molar refractivity (Wildman–Crippen MR) is 112 cm³/mol. The summed E-state index contributed by atoms with van der Waals surface area (Å²) in [7, 11) is 0. The average molecular weight is 403 g/mol. The zero-order valence-electron chi connectivity index (χ0n) is 16.9. The Balaban J connectivity index is 1.48. The second-order valence-electron chi connectivity index (χ2n) is 7.40. The monoisotopic (exact) mass is 403 g/mol. The van der Waals surface area contributed by atoms with Crippen molar-refractivity contribution in [1.82, 2.24) is 14.9 Å². The summed E-state index contributed by atoms with van der Waals surface area (Å²) in [6, 6.07) is 9.04. The Labute approximate surface area is 174 Å². The van der Waals surface area contributed by atoms with E-state index >= 15 is 0 Å². The number of aliphatic imine (C=N–C) groups is 1. The number of ether oxygens (including phenoxy) is 1. The van der Waals surface area contributed by atoms with Crippen molar-refractivity contribution in [3.8, 4) is 11.8 Å². The summed E-state index contributed by atoms with van der Waals surface area (Å²) in [6.07, 6.45) is 7.05. The molecule has 1 aromatic heterocycles. The molecule has 0 bridgehead atoms. The van der Waals surface area contributed by atoms with Gasteiger partial charge in [-0.25, -0.2) is 9.97 Å². The molecular weight excluding hydrogens is 382 g/mol. The molecule has 30 heavy (non-hydrogen) atoms. The van der Waals surface area contributed by atoms with E-state index < -0.39 is 5.54 Å². The van der Waals surface area contributed by atoms with Crippen LogP contribution in [-0.2, 0) is 9.59 Å². The fourth-order valence-electron chi connectivity index (χ4n) is 3.40. The standard InChI is InChI=1S/C22H21N5O3/c1-14-12-15(2)24-21(23-14)30-17-9-7-16(8-10-17)25-20(29)22(3)13-19(28)26-18-6-4-5-11-27(18)22/h4-12H,13H2,1-3H3,(H,25,29). The number of nitrogens with zero attached hydrogens (tertiary/aromatic N) is 4. The van der Waals surface area contributed by atoms with Gasteiger partial charge in [0, 0.05) is 23.3 Å². The molecule has 3 heterocycles. The third-order valence-corrected chi connectivity index (χ3v) is 4.88. The second-order valence-corrected chi connectivity index (χ2v) is 7.40. The van der Waals surface area contributed by atoms with Crippen LogP contribution >= 0.6 is 0 Å². The lowest BCUT2D eigenvalue weighted by Crippen LogP contribution is -2.58. The number of rotatable bonds is 4. The Hall–Kier alpha value is -3.81. The number of carbonyl (C=O) groups excluding carboxylic acids is 2. The highest BCUT2D eigenvalue weighted by Crippen LogP contribution is 2.30. The average Bonchev–Trinajstić information content (AvgIpc) is 2.68. The van der Waals surface area contributed by atoms with Crippen molar-refractivity contribution < 1.29 is 14.3 Å². The fraction of sp³-hybridized carbons (Fsp3) is 0.227. The maximum atomic E-state index is 13.1. The van der Waals surface area contributed by atoms with Crippen molar-refractivity contribution in [3.05, 3.63) is 66.1 Å². The van der Waals surface area contributed by atoms with Crippen LogP contribution in [-0.4, -0.2) is 38.1 Å². The molecular formula is C22H21N5O3. The van der Waals surface area contributed by atoms with Crippen molar-refractivity contribution in [2.75, 3.05) is 5.32 Å². The Morgan fingerprint density at radius 2 is 1.83 bits per heavy atom. The highest BCUT2D eigenvalue weighted by molar-refractivity contribution is 6.11. The summed E-state index contributed by atoms with van der Waals surface area (Å²) in [5, 5.41) is 2.88. The van der Waals surface area contributed by atoms with Gasteiger partial charge in [0.1, 0.15) is 17.1 Å². The van der Waals surface area contributed by atoms with Crippen molar-refractivity contribution in [1.29, 1.82) is 0 Å². The van der Waals surface area contributed by atoms with Gasteiger partial charge < -0.3 is 15.0 Å². The molecule has 8 nitrogen and oxygen atoms in total. The van der Waals surface area contributed by atoms with E-state index in [-0.39, 0.29) is 24.2 Å². The van der Waals surface area contributed by atoms with E-state index in [9.17, 15) is 9.59 Å². The van der Waals surface area contributed by atoms with Gasteiger partial charge in [0.15, 0.2) is 0 Å². The molecule has 2 amide bonds. The summed E-state index contributed by atoms with van der Waals surface area (Å²) in [5.74, 6) is 0.393. The summed E-state index contributed by atoms with van der Waals surface area (Å²) in [6.45, 7) is 5.48. The van der Waals surface area contributed by atoms with Crippen LogP contribution in [0.25, 0.3) is 0 Å². The van der Waals surface area contributed by atoms with Gasteiger partial charge in [0.05, 0.1) is 6.42 Å². The lowest BCUT2D eigenvalue weighted by Gasteiger charge is -2.41. The first-order valence-corrected chi connectivity index (χ1v) is 9.51. The van der Waals surface area contributed by atoms with Gasteiger partial charge in [-0.15, -0.1) is 0 Å². The molecule has 0 saturated carbocycles. The molecule has 8 heteroatoms. The van der Waals surface area contributed by atoms with Crippen LogP contribution in [0, 0.1) is 13.8 Å². The van der Waals surface area contributed by atoms with E-state index in [0.717, 1.165) is 11.4 Å². The molecule has 4 rings (SSSR count). The zero-order chi connectivity index (χ0) is 21.3. The molecule has 2 aliphatic heterocycles. The fourth-order valence-corrected chi connectivity index (χ4v) is 3.40. The minimum Gasteiger partial charge on any atom is -0.424 e. The number of allylic oxidation sites excluding steroid dienone is 2. The number of aromatic nitrogens is 2. The maximum absolute atomic E-state index is 13.1. The number of aryl methyl sites for hydroxylation is 2. The van der Waals surface area contributed by atoms with Crippen LogP contribution in [0.15, 0.2) is 59.8 Å². The Morgan fingerprint density at radius 3 is 2.53 bits per heavy atom. The summed E-state index contributed by atoms with van der Waals surface area (Å²) in [5.41, 5.74) is 1.16. The van der Waals surface area contributed by atoms with Crippen LogP contribution in [0.3, 0.4) is 0 Å². The quantitative estimate of drug-likeness (QED) is 0.841. The van der Waals surface area contributed by atoms with Gasteiger partial charge in [-0.1, -0.05) is 6.08 Å². The van der Waals surface area contributed by atoms with E-state index in [1.807, 2.05) is 26.0 Å². The molecule has 1 N–H and O–H groups in total. The SMILES string of the molecule is Cc1cc(C)nc(Oc2ccc(NC(=O)C3(C)CC(=O)N=C4C=CC=CN43)cc2)n1. The number of fused-ring (bicyclic) bond motifs is 1. The first-order chi connectivity index (χ1) is 14.3. The number of hydrogen-bond donors (Lipinski definition) is 1. The van der Waals surface area contributed by atoms with Gasteiger partial charge in [-0.2, -0.15) is 4.99 Å². The molecule has 1 aromatic carbocycles. The van der Waals surface area contributed by atoms with Crippen LogP contribution in [0.1, 0.15) is 24.7 Å². The number of nitrogens with one attached hydrogen (secondary N) is 1. The summed E-state index contributed by atoms with van der Waals surface area (Å²) >= 11 is 0. The molecule has 2 aromatic rings. The zero-order valence-corrected chi connectivity index (χ0v) is 16.9. The molecule has 152 valence electrons. The molecule has 0 radical (unpaired) electrons. The van der Waals surface area contributed by atoms with Crippen molar-refractivity contribution in [2.24, 2.45) is 4.99 Å². The van der Waals surface area contributed by atoms with Gasteiger partial charge in [0.25, 0.3) is 11.8 Å². The number of anilines is 1. The second kappa shape index (κ2) is 7.55. The molecule has 0 aliphatic carbocycles. The van der Waals surface area contributed by atoms with Crippen molar-refractivity contribution in [3.63, 3.8) is 0 Å². The number of benzene rings is 1. The minimum atomic E-state index is -1.07. The maximum Gasteiger partial charge on any atom is 0.322 e. The van der Waals surface area contributed by atoms with E-state index in [1.165, 1.54) is 0 Å². The highest BCUT2D eigenvalue weighted by Gasteiger charge is 2.45. The number of carbonyl (C=O) groups is 2. The van der Waals surface area contributed by atoms with Crippen molar-refractivity contribution >= 4 is 23.3 Å². The first kappa shape index (κ1) is 19.5. The molecule has 1 atom stereocenters. The largest absolute Gasteiger partial charge is 0.424 e. The lowest BCUT2D eigenvalue weighted by atomic mass is 9.91. The normalized spacial score (nSPS) is 19.9. The van der Waals surface area contributed by atoms with E-state index in [2.05, 4.69) is 20.3 Å². The summed E-state index contributed by atoms with van der Waals surface area (Å²) < 4.78 is 5.70. The third-order valence-electron chi connectivity index (χ3n) is 4.88. The number of amides is 2. The first-order valence-electron chi connectivity index (χ1n) is 9.51. The molecule has 1 unspecified atom stereocenters. The van der Waals surface area contributed by atoms with Crippen LogP contribution in [0.4, 0.5) is 5.69 Å². The lowest BCUT2D eigenvalue weighted by molar-refractivity contribution is -0.130. The predicted octanol–water partition coefficient (Wildman–Crippen LogP) is 3.30. The Kier molecular flexibility index (Phi) is 4.91. The topological polar surface area (TPSA) is 96.8 Å². The Bertz CT molecular complexity index is 1080. The van der Waals surface area contributed by atoms with E-state index in [0.29, 0.717) is 17.3 Å². The van der Waals surface area contributed by atoms with Gasteiger partial charge in [0.2, 0.25) is 0 Å². The van der Waals surface area contributed by atoms with Crippen LogP contribution < -0.4 is 10.1 Å². The highest BCUT2D eigenvalue weighted by atomic mass is 16.5. The minimum absolute atomic E-state index is 0.00818. The third kappa shape index (κ3) is 3.84. The number of hydrogen-bond acceptors (Lipinski definition) is 6. The number of amidine groups is 1. The van der Waals surface area contributed by atoms with Crippen LogP contribution in [0.5, 0.6) is 11.8 Å². The molecule has 2 aliphatic rings. The Morgan fingerprint density at radius 1 is 1.13 bits per heavy atom. The van der Waals surface area contributed by atoms with E-state index in [4.69, 9.17) is 4.74 Å². The smallest absolute Gasteiger partial charge is 0.322 e. The van der Waals surface area contributed by atoms with Gasteiger partial charge in [-0.3, -0.25) is 9.59 Å². The molecule has 0 fully saturated rings. The van der Waals surface area contributed by atoms with E-state index in [1.54, 1.807) is 54.4 Å². The van der Waals surface area contributed by atoms with Gasteiger partial charge >= 0.3 is 6.01 Å². The van der Waals surface area contributed by atoms with Crippen molar-refractivity contribution in [2.45, 2.75) is 32.7 Å². The molecule has 0 saturated heterocycles. The van der Waals surface area contributed by atoms with Crippen LogP contribution in [0.2, 0.25) is 0 Å². The molecule has 0 spiro atoms. The van der Waals surface area contributed by atoms with Gasteiger partial charge in [-0.05, 0) is 63.3 Å². The summed E-state index contributed by atoms with van der Waals surface area (Å²) in [4.78, 5) is 39.4.